The fraction of sp³-hybridized carbons (Fsp3) is 0.143. The summed E-state index contributed by atoms with van der Waals surface area (Å²) in [6.07, 6.45) is 2.71. The summed E-state index contributed by atoms with van der Waals surface area (Å²) in [7, 11) is -3.57. The van der Waals surface area contributed by atoms with Gasteiger partial charge in [-0.05, 0) is 80.1 Å². The van der Waals surface area contributed by atoms with Gasteiger partial charge in [0.25, 0.3) is 5.91 Å². The number of carbonyl (C=O) groups excluding carboxylic acids is 1. The third-order valence-corrected chi connectivity index (χ3v) is 8.19. The zero-order chi connectivity index (χ0) is 28.3. The number of sulfonamides is 1. The Morgan fingerprint density at radius 3 is 2.23 bits per heavy atom. The molecular weight excluding hydrogens is 579 g/mol. The van der Waals surface area contributed by atoms with Gasteiger partial charge in [-0.2, -0.15) is 5.10 Å². The van der Waals surface area contributed by atoms with Crippen molar-refractivity contribution in [3.05, 3.63) is 116 Å². The summed E-state index contributed by atoms with van der Waals surface area (Å²) in [6, 6.07) is 20.6. The summed E-state index contributed by atoms with van der Waals surface area (Å²) >= 11 is 18.2. The third kappa shape index (κ3) is 6.83. The van der Waals surface area contributed by atoms with Crippen LogP contribution in [0, 0.1) is 13.8 Å². The number of halogens is 3. The van der Waals surface area contributed by atoms with Gasteiger partial charge in [-0.15, -0.1) is 0 Å². The van der Waals surface area contributed by atoms with Crippen LogP contribution in [0.5, 0.6) is 0 Å². The highest BCUT2D eigenvalue weighted by atomic mass is 35.5. The molecule has 0 saturated carbocycles. The van der Waals surface area contributed by atoms with Gasteiger partial charge < -0.3 is 4.57 Å². The Morgan fingerprint density at radius 1 is 0.949 bits per heavy atom. The molecule has 4 rings (SSSR count). The van der Waals surface area contributed by atoms with Crippen LogP contribution >= 0.6 is 34.8 Å². The lowest BCUT2D eigenvalue weighted by atomic mass is 10.2. The van der Waals surface area contributed by atoms with E-state index in [4.69, 9.17) is 34.8 Å². The Kier molecular flexibility index (Phi) is 8.71. The van der Waals surface area contributed by atoms with Crippen LogP contribution in [0.15, 0.2) is 77.9 Å². The molecule has 0 atom stereocenters. The topological polar surface area (TPSA) is 83.8 Å². The maximum atomic E-state index is 12.7. The maximum Gasteiger partial charge on any atom is 0.271 e. The van der Waals surface area contributed by atoms with Crippen molar-refractivity contribution in [2.24, 2.45) is 5.10 Å². The lowest BCUT2D eigenvalue weighted by Gasteiger charge is -2.22. The van der Waals surface area contributed by atoms with Gasteiger partial charge in [0.1, 0.15) is 0 Å². The Morgan fingerprint density at radius 2 is 1.62 bits per heavy atom. The number of rotatable bonds is 8. The molecule has 3 aromatic carbocycles. The van der Waals surface area contributed by atoms with Crippen LogP contribution in [0.3, 0.4) is 0 Å². The van der Waals surface area contributed by atoms with E-state index in [2.05, 4.69) is 10.5 Å². The average molecular weight is 604 g/mol. The number of hydrogen-bond acceptors (Lipinski definition) is 4. The molecule has 0 spiro atoms. The highest BCUT2D eigenvalue weighted by Crippen LogP contribution is 2.27. The van der Waals surface area contributed by atoms with E-state index in [1.807, 2.05) is 30.5 Å². The molecule has 11 heteroatoms. The van der Waals surface area contributed by atoms with Gasteiger partial charge in [-0.25, -0.2) is 13.8 Å². The van der Waals surface area contributed by atoms with E-state index in [0.29, 0.717) is 26.3 Å². The summed E-state index contributed by atoms with van der Waals surface area (Å²) in [5.74, 6) is -0.431. The predicted octanol–water partition coefficient (Wildman–Crippen LogP) is 6.78. The molecule has 4 aromatic rings. The maximum absolute atomic E-state index is 12.7. The molecule has 1 heterocycles. The van der Waals surface area contributed by atoms with E-state index in [1.54, 1.807) is 66.9 Å². The van der Waals surface area contributed by atoms with E-state index in [9.17, 15) is 13.2 Å². The minimum atomic E-state index is -3.57. The second-order valence-corrected chi connectivity index (χ2v) is 12.1. The first kappa shape index (κ1) is 28.7. The first-order valence-corrected chi connectivity index (χ1v) is 14.7. The number of aryl methyl sites for hydroxylation is 1. The van der Waals surface area contributed by atoms with Crippen LogP contribution in [-0.2, 0) is 16.6 Å². The molecule has 1 aromatic heterocycles. The Bertz CT molecular complexity index is 1650. The second-order valence-electron chi connectivity index (χ2n) is 8.90. The van der Waals surface area contributed by atoms with Crippen molar-refractivity contribution in [1.82, 2.24) is 9.99 Å². The number of nitrogens with zero attached hydrogens (tertiary/aromatic N) is 3. The smallest absolute Gasteiger partial charge is 0.271 e. The molecule has 7 nitrogen and oxygen atoms in total. The van der Waals surface area contributed by atoms with Crippen LogP contribution < -0.4 is 9.73 Å². The normalized spacial score (nSPS) is 11.6. The summed E-state index contributed by atoms with van der Waals surface area (Å²) < 4.78 is 28.2. The van der Waals surface area contributed by atoms with Crippen molar-refractivity contribution in [2.45, 2.75) is 20.4 Å². The monoisotopic (exact) mass is 602 g/mol. The van der Waals surface area contributed by atoms with Gasteiger partial charge >= 0.3 is 0 Å². The first-order valence-electron chi connectivity index (χ1n) is 11.7. The lowest BCUT2D eigenvalue weighted by molar-refractivity contribution is 0.0955. The SMILES string of the molecule is Cc1cc(/C=N\NC(=O)c2ccc(N(Cc3ccc(Cl)cc3)S(C)(=O)=O)cc2)c(C)n1-c1ccc(Cl)c(Cl)c1. The second kappa shape index (κ2) is 11.8. The molecule has 0 saturated heterocycles. The number of hydrogen-bond donors (Lipinski definition) is 1. The molecule has 1 amide bonds. The molecule has 0 fully saturated rings. The largest absolute Gasteiger partial charge is 0.318 e. The molecule has 0 unspecified atom stereocenters. The molecule has 0 radical (unpaired) electrons. The lowest BCUT2D eigenvalue weighted by Crippen LogP contribution is -2.29. The van der Waals surface area contributed by atoms with Gasteiger partial charge in [0.05, 0.1) is 34.7 Å². The number of nitrogens with one attached hydrogen (secondary N) is 1. The summed E-state index contributed by atoms with van der Waals surface area (Å²) in [4.78, 5) is 12.7. The van der Waals surface area contributed by atoms with E-state index in [1.165, 1.54) is 4.31 Å². The van der Waals surface area contributed by atoms with Crippen molar-refractivity contribution in [3.8, 4) is 5.69 Å². The summed E-state index contributed by atoms with van der Waals surface area (Å²) in [6.45, 7) is 4.03. The standard InChI is InChI=1S/C28H25Cl3N4O3S/c1-18-14-22(19(2)35(18)25-12-13-26(30)27(31)15-25)16-32-33-28(36)21-6-10-24(11-7-21)34(39(3,37)38)17-20-4-8-23(29)9-5-20/h4-16H,17H2,1-3H3,(H,33,36)/b32-16-. The molecule has 202 valence electrons. The van der Waals surface area contributed by atoms with Crippen molar-refractivity contribution >= 4 is 62.6 Å². The number of aromatic nitrogens is 1. The zero-order valence-electron chi connectivity index (χ0n) is 21.3. The molecule has 1 N–H and O–H groups in total. The number of carbonyl (C=O) groups is 1. The molecule has 0 aliphatic carbocycles. The van der Waals surface area contributed by atoms with Gasteiger partial charge in [0, 0.05) is 33.2 Å². The van der Waals surface area contributed by atoms with Crippen LogP contribution in [0.1, 0.15) is 32.9 Å². The highest BCUT2D eigenvalue weighted by Gasteiger charge is 2.18. The first-order chi connectivity index (χ1) is 18.4. The number of anilines is 1. The third-order valence-electron chi connectivity index (χ3n) is 6.06. The van der Waals surface area contributed by atoms with Crippen molar-refractivity contribution in [3.63, 3.8) is 0 Å². The van der Waals surface area contributed by atoms with E-state index >= 15 is 0 Å². The number of amides is 1. The Hall–Kier alpha value is -3.30. The van der Waals surface area contributed by atoms with E-state index in [0.717, 1.165) is 34.5 Å². The van der Waals surface area contributed by atoms with Gasteiger partial charge in [0.2, 0.25) is 10.0 Å². The number of benzene rings is 3. The Balaban J connectivity index is 1.46. The fourth-order valence-electron chi connectivity index (χ4n) is 4.10. The van der Waals surface area contributed by atoms with Crippen molar-refractivity contribution < 1.29 is 13.2 Å². The van der Waals surface area contributed by atoms with Gasteiger partial charge in [-0.3, -0.25) is 9.10 Å². The van der Waals surface area contributed by atoms with Crippen molar-refractivity contribution in [2.75, 3.05) is 10.6 Å². The van der Waals surface area contributed by atoms with E-state index < -0.39 is 15.9 Å². The summed E-state index contributed by atoms with van der Waals surface area (Å²) in [5.41, 5.74) is 7.62. The van der Waals surface area contributed by atoms with Gasteiger partial charge in [-0.1, -0.05) is 46.9 Å². The van der Waals surface area contributed by atoms with E-state index in [-0.39, 0.29) is 6.54 Å². The number of hydrazone groups is 1. The molecule has 0 aliphatic rings. The zero-order valence-corrected chi connectivity index (χ0v) is 24.4. The quantitative estimate of drug-likeness (QED) is 0.178. The summed E-state index contributed by atoms with van der Waals surface area (Å²) in [5, 5.41) is 5.62. The van der Waals surface area contributed by atoms with Crippen LogP contribution in [0.25, 0.3) is 5.69 Å². The minimum absolute atomic E-state index is 0.131. The average Bonchev–Trinajstić information content (AvgIpc) is 3.17. The molecular formula is C28H25Cl3N4O3S. The molecule has 0 aliphatic heterocycles. The van der Waals surface area contributed by atoms with Crippen LogP contribution in [0.2, 0.25) is 15.1 Å². The van der Waals surface area contributed by atoms with Crippen molar-refractivity contribution in [1.29, 1.82) is 0 Å². The highest BCUT2D eigenvalue weighted by molar-refractivity contribution is 7.92. The predicted molar refractivity (Wildman–Crippen MR) is 159 cm³/mol. The van der Waals surface area contributed by atoms with Gasteiger partial charge in [0.15, 0.2) is 0 Å². The molecule has 39 heavy (non-hydrogen) atoms. The van der Waals surface area contributed by atoms with Crippen LogP contribution in [-0.4, -0.2) is 31.4 Å². The fourth-order valence-corrected chi connectivity index (χ4v) is 5.41. The van der Waals surface area contributed by atoms with Crippen LogP contribution in [0.4, 0.5) is 5.69 Å². The minimum Gasteiger partial charge on any atom is -0.318 e. The molecule has 0 bridgehead atoms. The Labute approximate surface area is 242 Å².